The van der Waals surface area contributed by atoms with Crippen molar-refractivity contribution in [3.8, 4) is 0 Å². The Balaban J connectivity index is 2.33. The van der Waals surface area contributed by atoms with Gasteiger partial charge < -0.3 is 11.1 Å². The van der Waals surface area contributed by atoms with Gasteiger partial charge >= 0.3 is 0 Å². The second kappa shape index (κ2) is 6.58. The molecule has 0 spiro atoms. The van der Waals surface area contributed by atoms with Crippen molar-refractivity contribution in [2.75, 3.05) is 11.1 Å². The average Bonchev–Trinajstić information content (AvgIpc) is 2.42. The Hall–Kier alpha value is -1.40. The molecule has 2 rings (SSSR count). The first kappa shape index (κ1) is 16.0. The summed E-state index contributed by atoms with van der Waals surface area (Å²) in [6.07, 6.45) is 0. The Kier molecular flexibility index (Phi) is 5.00. The largest absolute Gasteiger partial charge is 0.384 e. The minimum Gasteiger partial charge on any atom is -0.384 e. The first-order chi connectivity index (χ1) is 9.88. The van der Waals surface area contributed by atoms with E-state index in [1.54, 1.807) is 12.1 Å². The predicted octanol–water partition coefficient (Wildman–Crippen LogP) is 4.56. The number of anilines is 2. The summed E-state index contributed by atoms with van der Waals surface area (Å²) in [5.74, 6) is 0.325. The van der Waals surface area contributed by atoms with Crippen molar-refractivity contribution in [2.45, 2.75) is 19.8 Å². The monoisotopic (exact) mass is 411 g/mol. The van der Waals surface area contributed by atoms with E-state index >= 15 is 0 Å². The number of halogens is 2. The van der Waals surface area contributed by atoms with Crippen LogP contribution in [0.15, 0.2) is 39.3 Å². The van der Waals surface area contributed by atoms with Gasteiger partial charge in [0.2, 0.25) is 0 Å². The number of carbonyl (C=O) groups excluding carboxylic acids is 1. The highest BCUT2D eigenvalue weighted by molar-refractivity contribution is 9.11. The normalized spacial score (nSPS) is 10.7. The fraction of sp³-hybridized carbons (Fsp3) is 0.200. The second-order valence-electron chi connectivity index (χ2n) is 4.91. The predicted molar refractivity (Wildman–Crippen MR) is 92.5 cm³/mol. The molecule has 110 valence electrons. The van der Waals surface area contributed by atoms with Crippen LogP contribution in [-0.4, -0.2) is 10.9 Å². The smallest absolute Gasteiger partial charge is 0.255 e. The highest BCUT2D eigenvalue weighted by Gasteiger charge is 2.14. The molecule has 0 aliphatic rings. The van der Waals surface area contributed by atoms with Crippen LogP contribution in [0.2, 0.25) is 0 Å². The van der Waals surface area contributed by atoms with Crippen LogP contribution in [0.5, 0.6) is 0 Å². The van der Waals surface area contributed by atoms with E-state index in [9.17, 15) is 4.79 Å². The first-order valence-corrected chi connectivity index (χ1v) is 8.00. The zero-order chi connectivity index (χ0) is 15.6. The van der Waals surface area contributed by atoms with Crippen LogP contribution in [0.25, 0.3) is 0 Å². The number of carbonyl (C=O) groups is 1. The number of pyridine rings is 1. The number of nitrogens with zero attached hydrogens (tertiary/aromatic N) is 1. The summed E-state index contributed by atoms with van der Waals surface area (Å²) in [7, 11) is 0. The molecule has 2 aromatic rings. The lowest BCUT2D eigenvalue weighted by Gasteiger charge is -2.12. The number of amides is 1. The SMILES string of the molecule is CC(C)c1cc(C(=O)Nc2c(Br)cccc2Br)cc(N)n1. The van der Waals surface area contributed by atoms with Crippen molar-refractivity contribution in [3.05, 3.63) is 50.5 Å². The summed E-state index contributed by atoms with van der Waals surface area (Å²) >= 11 is 6.84. The van der Waals surface area contributed by atoms with E-state index in [2.05, 4.69) is 42.2 Å². The fourth-order valence-electron chi connectivity index (χ4n) is 1.80. The molecule has 0 atom stereocenters. The van der Waals surface area contributed by atoms with E-state index in [1.165, 1.54) is 0 Å². The third kappa shape index (κ3) is 3.83. The molecule has 0 unspecified atom stereocenters. The van der Waals surface area contributed by atoms with E-state index < -0.39 is 0 Å². The van der Waals surface area contributed by atoms with Crippen molar-refractivity contribution >= 4 is 49.3 Å². The Morgan fingerprint density at radius 2 is 1.86 bits per heavy atom. The minimum atomic E-state index is -0.224. The van der Waals surface area contributed by atoms with Gasteiger partial charge in [0.05, 0.1) is 5.69 Å². The lowest BCUT2D eigenvalue weighted by molar-refractivity contribution is 0.102. The number of hydrogen-bond donors (Lipinski definition) is 2. The van der Waals surface area contributed by atoms with E-state index in [-0.39, 0.29) is 11.8 Å². The third-order valence-corrected chi connectivity index (χ3v) is 4.24. The topological polar surface area (TPSA) is 68.0 Å². The molecule has 1 amide bonds. The molecule has 6 heteroatoms. The van der Waals surface area contributed by atoms with Gasteiger partial charge in [0.25, 0.3) is 5.91 Å². The highest BCUT2D eigenvalue weighted by atomic mass is 79.9. The molecule has 0 saturated carbocycles. The van der Waals surface area contributed by atoms with Gasteiger partial charge in [-0.05, 0) is 62.0 Å². The van der Waals surface area contributed by atoms with E-state index in [0.29, 0.717) is 17.1 Å². The van der Waals surface area contributed by atoms with Crippen LogP contribution >= 0.6 is 31.9 Å². The van der Waals surface area contributed by atoms with E-state index in [1.807, 2.05) is 32.0 Å². The van der Waals surface area contributed by atoms with Crippen LogP contribution in [-0.2, 0) is 0 Å². The van der Waals surface area contributed by atoms with Crippen molar-refractivity contribution in [1.82, 2.24) is 4.98 Å². The standard InChI is InChI=1S/C15H15Br2N3O/c1-8(2)12-6-9(7-13(18)19-12)15(21)20-14-10(16)4-3-5-11(14)17/h3-8H,1-2H3,(H2,18,19)(H,20,21). The average molecular weight is 413 g/mol. The van der Waals surface area contributed by atoms with Crippen molar-refractivity contribution in [2.24, 2.45) is 0 Å². The maximum absolute atomic E-state index is 12.4. The van der Waals surface area contributed by atoms with Gasteiger partial charge in [0.15, 0.2) is 0 Å². The molecule has 0 bridgehead atoms. The minimum absolute atomic E-state index is 0.204. The maximum atomic E-state index is 12.4. The number of aromatic nitrogens is 1. The van der Waals surface area contributed by atoms with Crippen LogP contribution in [0, 0.1) is 0 Å². The molecule has 1 aromatic heterocycles. The maximum Gasteiger partial charge on any atom is 0.255 e. The van der Waals surface area contributed by atoms with Crippen molar-refractivity contribution in [3.63, 3.8) is 0 Å². The lowest BCUT2D eigenvalue weighted by atomic mass is 10.1. The quantitative estimate of drug-likeness (QED) is 0.775. The van der Waals surface area contributed by atoms with Crippen LogP contribution < -0.4 is 11.1 Å². The molecule has 4 nitrogen and oxygen atoms in total. The molecule has 0 fully saturated rings. The highest BCUT2D eigenvalue weighted by Crippen LogP contribution is 2.31. The molecular formula is C15H15Br2N3O. The molecule has 1 aromatic carbocycles. The number of para-hydroxylation sites is 1. The molecule has 0 saturated heterocycles. The molecule has 21 heavy (non-hydrogen) atoms. The van der Waals surface area contributed by atoms with E-state index in [4.69, 9.17) is 5.73 Å². The van der Waals surface area contributed by atoms with Crippen molar-refractivity contribution in [1.29, 1.82) is 0 Å². The summed E-state index contributed by atoms with van der Waals surface area (Å²) in [6.45, 7) is 4.02. The Labute approximate surface area is 140 Å². The van der Waals surface area contributed by atoms with Gasteiger partial charge in [-0.3, -0.25) is 4.79 Å². The Morgan fingerprint density at radius 3 is 2.43 bits per heavy atom. The summed E-state index contributed by atoms with van der Waals surface area (Å²) in [5, 5.41) is 2.87. The van der Waals surface area contributed by atoms with Crippen LogP contribution in [0.3, 0.4) is 0 Å². The van der Waals surface area contributed by atoms with Gasteiger partial charge in [0, 0.05) is 20.2 Å². The Morgan fingerprint density at radius 1 is 1.24 bits per heavy atom. The summed E-state index contributed by atoms with van der Waals surface area (Å²) in [5.41, 5.74) is 7.75. The first-order valence-electron chi connectivity index (χ1n) is 6.41. The third-order valence-electron chi connectivity index (χ3n) is 2.92. The zero-order valence-electron chi connectivity index (χ0n) is 11.7. The molecule has 0 radical (unpaired) electrons. The molecule has 3 N–H and O–H groups in total. The van der Waals surface area contributed by atoms with Gasteiger partial charge in [-0.15, -0.1) is 0 Å². The second-order valence-corrected chi connectivity index (χ2v) is 6.62. The molecule has 1 heterocycles. The molecule has 0 aliphatic heterocycles. The number of benzene rings is 1. The number of nitrogens with two attached hydrogens (primary N) is 1. The number of rotatable bonds is 3. The van der Waals surface area contributed by atoms with Crippen LogP contribution in [0.1, 0.15) is 35.8 Å². The summed E-state index contributed by atoms with van der Waals surface area (Å²) in [4.78, 5) is 16.6. The number of hydrogen-bond acceptors (Lipinski definition) is 3. The summed E-state index contributed by atoms with van der Waals surface area (Å²) < 4.78 is 1.60. The van der Waals surface area contributed by atoms with Crippen LogP contribution in [0.4, 0.5) is 11.5 Å². The Bertz CT molecular complexity index is 666. The van der Waals surface area contributed by atoms with Crippen molar-refractivity contribution < 1.29 is 4.79 Å². The van der Waals surface area contributed by atoms with Gasteiger partial charge in [0.1, 0.15) is 5.82 Å². The van der Waals surface area contributed by atoms with E-state index in [0.717, 1.165) is 14.6 Å². The zero-order valence-corrected chi connectivity index (χ0v) is 14.8. The number of nitrogens with one attached hydrogen (secondary N) is 1. The molecular weight excluding hydrogens is 398 g/mol. The van der Waals surface area contributed by atoms with Gasteiger partial charge in [-0.1, -0.05) is 19.9 Å². The lowest BCUT2D eigenvalue weighted by Crippen LogP contribution is -2.14. The summed E-state index contributed by atoms with van der Waals surface area (Å²) in [6, 6.07) is 8.94. The number of nitrogen functional groups attached to an aromatic ring is 1. The molecule has 0 aliphatic carbocycles. The van der Waals surface area contributed by atoms with Gasteiger partial charge in [-0.2, -0.15) is 0 Å². The van der Waals surface area contributed by atoms with Gasteiger partial charge in [-0.25, -0.2) is 4.98 Å². The fourth-order valence-corrected chi connectivity index (χ4v) is 3.00.